The van der Waals surface area contributed by atoms with Gasteiger partial charge in [-0.3, -0.25) is 19.3 Å². The molecule has 0 radical (unpaired) electrons. The van der Waals surface area contributed by atoms with Crippen LogP contribution in [0.25, 0.3) is 0 Å². The molecule has 3 amide bonds. The summed E-state index contributed by atoms with van der Waals surface area (Å²) in [4.78, 5) is 49.8. The number of amides is 3. The molecule has 1 aliphatic heterocycles. The fourth-order valence-corrected chi connectivity index (χ4v) is 3.71. The molecule has 1 spiro atoms. The molecule has 3 rings (SSSR count). The highest BCUT2D eigenvalue weighted by Crippen LogP contribution is 2.38. The summed E-state index contributed by atoms with van der Waals surface area (Å²) >= 11 is 0. The average Bonchev–Trinajstić information content (AvgIpc) is 2.87. The Labute approximate surface area is 155 Å². The Bertz CT molecular complexity index is 796. The topological polar surface area (TPSA) is 92.8 Å². The van der Waals surface area contributed by atoms with Crippen LogP contribution in [0.3, 0.4) is 0 Å². The van der Waals surface area contributed by atoms with Gasteiger partial charge >= 0.3 is 12.0 Å². The first kappa shape index (κ1) is 19.0. The number of rotatable bonds is 5. The number of esters is 1. The SMILES string of the molecule is C[C@H]1CCCC[C@]12NC(=O)N(CC(=O)OCC(=O)c1cccc(F)c1)C2=O. The number of hydrogen-bond acceptors (Lipinski definition) is 5. The van der Waals surface area contributed by atoms with Gasteiger partial charge in [0.15, 0.2) is 12.4 Å². The van der Waals surface area contributed by atoms with Crippen molar-refractivity contribution >= 4 is 23.7 Å². The predicted octanol–water partition coefficient (Wildman–Crippen LogP) is 2.05. The summed E-state index contributed by atoms with van der Waals surface area (Å²) < 4.78 is 18.0. The van der Waals surface area contributed by atoms with Crippen LogP contribution < -0.4 is 5.32 Å². The first-order valence-electron chi connectivity index (χ1n) is 8.92. The van der Waals surface area contributed by atoms with Crippen molar-refractivity contribution < 1.29 is 28.3 Å². The summed E-state index contributed by atoms with van der Waals surface area (Å²) in [5.41, 5.74) is -0.875. The van der Waals surface area contributed by atoms with Gasteiger partial charge in [-0.05, 0) is 30.9 Å². The number of carbonyl (C=O) groups excluding carboxylic acids is 4. The van der Waals surface area contributed by atoms with Crippen LogP contribution in [0.2, 0.25) is 0 Å². The molecular weight excluding hydrogens is 355 g/mol. The molecule has 1 saturated heterocycles. The molecular formula is C19H21FN2O5. The number of imide groups is 1. The number of Topliss-reactive ketones (excluding diaryl/α,β-unsaturated/α-hetero) is 1. The van der Waals surface area contributed by atoms with E-state index in [1.807, 2.05) is 6.92 Å². The summed E-state index contributed by atoms with van der Waals surface area (Å²) in [6.45, 7) is 0.764. The molecule has 0 unspecified atom stereocenters. The van der Waals surface area contributed by atoms with E-state index in [1.54, 1.807) is 0 Å². The first-order chi connectivity index (χ1) is 12.8. The summed E-state index contributed by atoms with van der Waals surface area (Å²) in [5.74, 6) is -2.45. The number of hydrogen-bond donors (Lipinski definition) is 1. The van der Waals surface area contributed by atoms with Crippen LogP contribution in [0.15, 0.2) is 24.3 Å². The third-order valence-electron chi connectivity index (χ3n) is 5.30. The van der Waals surface area contributed by atoms with Gasteiger partial charge in [-0.15, -0.1) is 0 Å². The van der Waals surface area contributed by atoms with E-state index in [-0.39, 0.29) is 11.5 Å². The number of urea groups is 1. The van der Waals surface area contributed by atoms with Crippen molar-refractivity contribution in [1.82, 2.24) is 10.2 Å². The number of benzene rings is 1. The number of nitrogens with one attached hydrogen (secondary N) is 1. The summed E-state index contributed by atoms with van der Waals surface area (Å²) in [7, 11) is 0. The van der Waals surface area contributed by atoms with Gasteiger partial charge in [0.1, 0.15) is 17.9 Å². The predicted molar refractivity (Wildman–Crippen MR) is 92.3 cm³/mol. The van der Waals surface area contributed by atoms with Crippen molar-refractivity contribution in [3.05, 3.63) is 35.6 Å². The molecule has 2 fully saturated rings. The van der Waals surface area contributed by atoms with E-state index < -0.39 is 48.2 Å². The van der Waals surface area contributed by atoms with Crippen molar-refractivity contribution in [3.63, 3.8) is 0 Å². The highest BCUT2D eigenvalue weighted by molar-refractivity contribution is 6.09. The van der Waals surface area contributed by atoms with Crippen LogP contribution in [-0.2, 0) is 14.3 Å². The lowest BCUT2D eigenvalue weighted by Gasteiger charge is -2.36. The molecule has 1 aromatic carbocycles. The van der Waals surface area contributed by atoms with E-state index in [4.69, 9.17) is 4.74 Å². The molecule has 1 N–H and O–H groups in total. The molecule has 27 heavy (non-hydrogen) atoms. The Morgan fingerprint density at radius 2 is 2.11 bits per heavy atom. The van der Waals surface area contributed by atoms with Gasteiger partial charge in [-0.2, -0.15) is 0 Å². The summed E-state index contributed by atoms with van der Waals surface area (Å²) in [6.07, 6.45) is 3.20. The van der Waals surface area contributed by atoms with Gasteiger partial charge in [0.05, 0.1) is 0 Å². The molecule has 2 atom stereocenters. The molecule has 7 nitrogen and oxygen atoms in total. The van der Waals surface area contributed by atoms with Crippen molar-refractivity contribution in [2.24, 2.45) is 5.92 Å². The largest absolute Gasteiger partial charge is 0.456 e. The Morgan fingerprint density at radius 3 is 2.81 bits per heavy atom. The second-order valence-electron chi connectivity index (χ2n) is 7.03. The minimum Gasteiger partial charge on any atom is -0.456 e. The number of ketones is 1. The van der Waals surface area contributed by atoms with Crippen LogP contribution in [0, 0.1) is 11.7 Å². The van der Waals surface area contributed by atoms with Crippen molar-refractivity contribution in [3.8, 4) is 0 Å². The zero-order valence-electron chi connectivity index (χ0n) is 15.0. The molecule has 1 aromatic rings. The minimum atomic E-state index is -0.951. The molecule has 144 valence electrons. The number of ether oxygens (including phenoxy) is 1. The Hall–Kier alpha value is -2.77. The zero-order valence-corrected chi connectivity index (χ0v) is 15.0. The fraction of sp³-hybridized carbons (Fsp3) is 0.474. The third-order valence-corrected chi connectivity index (χ3v) is 5.30. The van der Waals surface area contributed by atoms with Gasteiger partial charge < -0.3 is 10.1 Å². The van der Waals surface area contributed by atoms with E-state index in [9.17, 15) is 23.6 Å². The standard InChI is InChI=1S/C19H21FN2O5/c1-12-5-2-3-8-19(12)17(25)22(18(26)21-19)10-16(24)27-11-15(23)13-6-4-7-14(20)9-13/h4,6-7,9,12H,2-3,5,8,10-11H2,1H3,(H,21,26)/t12-,19-/m0/s1. The lowest BCUT2D eigenvalue weighted by molar-refractivity contribution is -0.147. The van der Waals surface area contributed by atoms with Crippen molar-refractivity contribution in [1.29, 1.82) is 0 Å². The minimum absolute atomic E-state index is 0.0155. The Balaban J connectivity index is 1.58. The maximum atomic E-state index is 13.1. The lowest BCUT2D eigenvalue weighted by Crippen LogP contribution is -2.54. The lowest BCUT2D eigenvalue weighted by atomic mass is 9.73. The molecule has 1 heterocycles. The third kappa shape index (κ3) is 3.70. The highest BCUT2D eigenvalue weighted by atomic mass is 19.1. The van der Waals surface area contributed by atoms with Gasteiger partial charge in [-0.1, -0.05) is 31.9 Å². The van der Waals surface area contributed by atoms with Crippen molar-refractivity contribution in [2.45, 2.75) is 38.1 Å². The molecule has 1 aliphatic carbocycles. The number of carbonyl (C=O) groups is 4. The van der Waals surface area contributed by atoms with Crippen LogP contribution in [0.1, 0.15) is 43.0 Å². The molecule has 0 bridgehead atoms. The number of halogens is 1. The maximum Gasteiger partial charge on any atom is 0.326 e. The quantitative estimate of drug-likeness (QED) is 0.482. The van der Waals surface area contributed by atoms with Gasteiger partial charge in [0.25, 0.3) is 5.91 Å². The van der Waals surface area contributed by atoms with Gasteiger partial charge in [0, 0.05) is 5.56 Å². The molecule has 2 aliphatic rings. The summed E-state index contributed by atoms with van der Waals surface area (Å²) in [5, 5.41) is 2.74. The normalized spacial score (nSPS) is 24.8. The summed E-state index contributed by atoms with van der Waals surface area (Å²) in [6, 6.07) is 4.40. The highest BCUT2D eigenvalue weighted by Gasteiger charge is 2.55. The monoisotopic (exact) mass is 376 g/mol. The Morgan fingerprint density at radius 1 is 1.33 bits per heavy atom. The first-order valence-corrected chi connectivity index (χ1v) is 8.92. The van der Waals surface area contributed by atoms with Crippen LogP contribution in [-0.4, -0.2) is 47.3 Å². The zero-order chi connectivity index (χ0) is 19.6. The fourth-order valence-electron chi connectivity index (χ4n) is 3.71. The van der Waals surface area contributed by atoms with E-state index in [1.165, 1.54) is 18.2 Å². The van der Waals surface area contributed by atoms with Gasteiger partial charge in [0.2, 0.25) is 0 Å². The molecule has 0 aromatic heterocycles. The molecule has 1 saturated carbocycles. The van der Waals surface area contributed by atoms with Crippen LogP contribution in [0.4, 0.5) is 9.18 Å². The average molecular weight is 376 g/mol. The van der Waals surface area contributed by atoms with Crippen LogP contribution >= 0.6 is 0 Å². The van der Waals surface area contributed by atoms with E-state index in [2.05, 4.69) is 5.32 Å². The van der Waals surface area contributed by atoms with E-state index in [0.717, 1.165) is 30.2 Å². The van der Waals surface area contributed by atoms with Gasteiger partial charge in [-0.25, -0.2) is 9.18 Å². The second-order valence-corrected chi connectivity index (χ2v) is 7.03. The maximum absolute atomic E-state index is 13.1. The second kappa shape index (κ2) is 7.46. The van der Waals surface area contributed by atoms with E-state index in [0.29, 0.717) is 6.42 Å². The van der Waals surface area contributed by atoms with Crippen molar-refractivity contribution in [2.75, 3.05) is 13.2 Å². The Kier molecular flexibility index (Phi) is 5.25. The molecule has 8 heteroatoms. The number of nitrogens with zero attached hydrogens (tertiary/aromatic N) is 1. The smallest absolute Gasteiger partial charge is 0.326 e. The van der Waals surface area contributed by atoms with E-state index >= 15 is 0 Å². The van der Waals surface area contributed by atoms with Crippen LogP contribution in [0.5, 0.6) is 0 Å².